The number of carbonyl (C=O) groups excluding carboxylic acids is 11. The highest BCUT2D eigenvalue weighted by Gasteiger charge is 2.33. The molecule has 78 heavy (non-hydrogen) atoms. The highest BCUT2D eigenvalue weighted by Crippen LogP contribution is 2.34. The number of ether oxygens (including phenoxy) is 12. The van der Waals surface area contributed by atoms with Crippen molar-refractivity contribution < 1.29 is 115 Å². The van der Waals surface area contributed by atoms with E-state index in [0.29, 0.717) is 19.3 Å². The lowest BCUT2D eigenvalue weighted by Crippen LogP contribution is -2.30. The molecule has 1 aliphatic carbocycles. The Balaban J connectivity index is 1.65. The smallest absolute Gasteiger partial charge is 0.342 e. The van der Waals surface area contributed by atoms with Crippen LogP contribution < -0.4 is 18.9 Å². The Labute approximate surface area is 448 Å². The Kier molecular flexibility index (Phi) is 29.2. The maximum absolute atomic E-state index is 13.5. The number of rotatable bonds is 35. The van der Waals surface area contributed by atoms with Gasteiger partial charge in [-0.05, 0) is 93.8 Å². The van der Waals surface area contributed by atoms with Crippen LogP contribution in [0.3, 0.4) is 0 Å². The molecule has 1 N–H and O–H groups in total. The number of benzene rings is 2. The molecule has 1 saturated carbocycles. The molecule has 1 aliphatic rings. The number of aliphatic hydroxyl groups excluding tert-OH is 1. The van der Waals surface area contributed by atoms with Gasteiger partial charge in [0, 0.05) is 18.2 Å². The van der Waals surface area contributed by atoms with Gasteiger partial charge in [0.05, 0.1) is 63.9 Å². The summed E-state index contributed by atoms with van der Waals surface area (Å²) in [6.45, 7) is 12.1. The van der Waals surface area contributed by atoms with Crippen molar-refractivity contribution in [3.8, 4) is 23.0 Å². The van der Waals surface area contributed by atoms with Crippen LogP contribution in [0.4, 0.5) is 0 Å². The third-order valence-electron chi connectivity index (χ3n) is 10.6. The normalized spacial score (nSPS) is 13.8. The van der Waals surface area contributed by atoms with Crippen molar-refractivity contribution in [3.05, 3.63) is 98.1 Å². The topological polar surface area (TPSA) is 319 Å². The van der Waals surface area contributed by atoms with Crippen LogP contribution in [-0.4, -0.2) is 130 Å². The first kappa shape index (κ1) is 63.8. The van der Waals surface area contributed by atoms with Crippen LogP contribution in [0, 0.1) is 11.8 Å². The summed E-state index contributed by atoms with van der Waals surface area (Å²) in [6.07, 6.45) is 3.14. The Bertz CT molecular complexity index is 2470. The molecule has 24 nitrogen and oxygen atoms in total. The number of aliphatic hydroxyl groups is 1. The predicted molar refractivity (Wildman–Crippen MR) is 266 cm³/mol. The van der Waals surface area contributed by atoms with E-state index < -0.39 is 109 Å². The van der Waals surface area contributed by atoms with E-state index in [9.17, 15) is 57.8 Å². The van der Waals surface area contributed by atoms with Gasteiger partial charge in [0.25, 0.3) is 0 Å². The van der Waals surface area contributed by atoms with Crippen LogP contribution >= 0.6 is 0 Å². The van der Waals surface area contributed by atoms with Gasteiger partial charge in [0.15, 0.2) is 6.29 Å². The van der Waals surface area contributed by atoms with Crippen molar-refractivity contribution in [1.29, 1.82) is 0 Å². The Morgan fingerprint density at radius 3 is 1.18 bits per heavy atom. The molecule has 0 amide bonds. The maximum atomic E-state index is 13.5. The second-order valence-electron chi connectivity index (χ2n) is 16.4. The monoisotopic (exact) mass is 1090 g/mol. The molecule has 24 heteroatoms. The van der Waals surface area contributed by atoms with E-state index in [-0.39, 0.29) is 119 Å². The van der Waals surface area contributed by atoms with E-state index >= 15 is 0 Å². The van der Waals surface area contributed by atoms with Crippen LogP contribution in [0.2, 0.25) is 0 Å². The summed E-state index contributed by atoms with van der Waals surface area (Å²) in [6, 6.07) is 7.20. The molecule has 0 spiro atoms. The summed E-state index contributed by atoms with van der Waals surface area (Å²) in [5.74, 6) is -11.0. The van der Waals surface area contributed by atoms with Crippen molar-refractivity contribution in [3.63, 3.8) is 0 Å². The molecule has 0 saturated heterocycles. The van der Waals surface area contributed by atoms with Gasteiger partial charge in [0.1, 0.15) is 60.6 Å². The Morgan fingerprint density at radius 2 is 0.795 bits per heavy atom. The summed E-state index contributed by atoms with van der Waals surface area (Å²) < 4.78 is 62.0. The van der Waals surface area contributed by atoms with Gasteiger partial charge in [-0.3, -0.25) is 28.8 Å². The summed E-state index contributed by atoms with van der Waals surface area (Å²) >= 11 is 0. The second kappa shape index (κ2) is 35.7. The number of esters is 11. The molecular formula is C54H62O24. The number of carbonyl (C=O) groups is 11. The van der Waals surface area contributed by atoms with E-state index in [1.807, 2.05) is 0 Å². The van der Waals surface area contributed by atoms with E-state index in [2.05, 4.69) is 26.3 Å². The molecule has 0 aliphatic heterocycles. The fourth-order valence-corrected chi connectivity index (χ4v) is 6.62. The van der Waals surface area contributed by atoms with Gasteiger partial charge in [-0.25, -0.2) is 24.0 Å². The van der Waals surface area contributed by atoms with Crippen LogP contribution in [0.15, 0.2) is 87.0 Å². The van der Waals surface area contributed by atoms with Gasteiger partial charge in [-0.2, -0.15) is 0 Å². The second-order valence-corrected chi connectivity index (χ2v) is 16.4. The van der Waals surface area contributed by atoms with Crippen LogP contribution in [-0.2, 0) is 81.0 Å². The van der Waals surface area contributed by atoms with E-state index in [0.717, 1.165) is 30.4 Å². The minimum atomic E-state index is -1.16. The lowest BCUT2D eigenvalue weighted by atomic mass is 9.82. The van der Waals surface area contributed by atoms with Crippen molar-refractivity contribution in [1.82, 2.24) is 0 Å². The fourth-order valence-electron chi connectivity index (χ4n) is 6.62. The molecule has 0 bridgehead atoms. The van der Waals surface area contributed by atoms with Gasteiger partial charge >= 0.3 is 65.7 Å². The van der Waals surface area contributed by atoms with Gasteiger partial charge in [-0.1, -0.05) is 26.3 Å². The first-order valence-corrected chi connectivity index (χ1v) is 24.5. The first-order chi connectivity index (χ1) is 37.5. The Morgan fingerprint density at radius 1 is 0.449 bits per heavy atom. The van der Waals surface area contributed by atoms with Gasteiger partial charge in [0.2, 0.25) is 0 Å². The molecule has 0 aromatic heterocycles. The molecule has 1 unspecified atom stereocenters. The molecule has 1 atom stereocenters. The lowest BCUT2D eigenvalue weighted by Gasteiger charge is -2.26. The molecule has 2 aromatic rings. The quantitative estimate of drug-likeness (QED) is 0.0180. The standard InChI is InChI=1S/C54H62O24/c1-5-43(55)67-25-9-11-27-73-53(65)39-33-37(17-19-41(39)77-49(61)23-21-47(59)71-31-29-69-45(57)7-3)75-51(63)35-13-15-36(16-14-35)52(64)76-38-18-20-42(40(34-38)54(66)74-28-12-10-26-68-44(56)6-2)78-50(62)24-22-48(60)72-32-30-70-46(58)8-4/h5-8,17-20,33-36,43,55H,1-4,9-16,21-32H2. The van der Waals surface area contributed by atoms with Crippen molar-refractivity contribution in [2.24, 2.45) is 11.8 Å². The van der Waals surface area contributed by atoms with Gasteiger partial charge in [-0.15, -0.1) is 0 Å². The summed E-state index contributed by atoms with van der Waals surface area (Å²) in [5, 5.41) is 9.48. The lowest BCUT2D eigenvalue weighted by molar-refractivity contribution is -0.151. The van der Waals surface area contributed by atoms with Crippen LogP contribution in [0.1, 0.15) is 97.8 Å². The highest BCUT2D eigenvalue weighted by molar-refractivity contribution is 5.95. The average Bonchev–Trinajstić information content (AvgIpc) is 3.44. The van der Waals surface area contributed by atoms with E-state index in [4.69, 9.17) is 56.8 Å². The Hall–Kier alpha value is -8.51. The van der Waals surface area contributed by atoms with Crippen molar-refractivity contribution in [2.45, 2.75) is 83.3 Å². The van der Waals surface area contributed by atoms with E-state index in [1.165, 1.54) is 30.3 Å². The molecule has 3 rings (SSSR count). The number of hydrogen-bond acceptors (Lipinski definition) is 24. The zero-order valence-corrected chi connectivity index (χ0v) is 42.8. The minimum absolute atomic E-state index is 0.0339. The van der Waals surface area contributed by atoms with Crippen molar-refractivity contribution >= 4 is 65.7 Å². The molecule has 0 radical (unpaired) electrons. The fraction of sp³-hybridized carbons (Fsp3) is 0.426. The zero-order valence-electron chi connectivity index (χ0n) is 42.8. The zero-order chi connectivity index (χ0) is 57.2. The molecule has 2 aromatic carbocycles. The third-order valence-corrected chi connectivity index (χ3v) is 10.6. The molecule has 1 fully saturated rings. The largest absolute Gasteiger partial charge is 0.463 e. The number of unbranched alkanes of at least 4 members (excludes halogenated alkanes) is 2. The first-order valence-electron chi connectivity index (χ1n) is 24.5. The van der Waals surface area contributed by atoms with Crippen LogP contribution in [0.5, 0.6) is 23.0 Å². The van der Waals surface area contributed by atoms with E-state index in [1.54, 1.807) is 0 Å². The number of hydrogen-bond donors (Lipinski definition) is 1. The molecule has 0 heterocycles. The SMILES string of the molecule is C=CC(=O)OCCCCOC(=O)c1cc(OC(=O)C2CCC(C(=O)Oc3ccc(OC(=O)CCC(=O)OCCOC(=O)C=C)c(C(=O)OCCCCOC(O)C=C)c3)CC2)ccc1OC(=O)CCC(=O)OCCOC(=O)C=C. The summed E-state index contributed by atoms with van der Waals surface area (Å²) in [7, 11) is 0. The van der Waals surface area contributed by atoms with Crippen molar-refractivity contribution in [2.75, 3.05) is 52.9 Å². The molecule has 422 valence electrons. The average molecular weight is 1100 g/mol. The van der Waals surface area contributed by atoms with Gasteiger partial charge < -0.3 is 61.9 Å². The predicted octanol–water partition coefficient (Wildman–Crippen LogP) is 5.04. The highest BCUT2D eigenvalue weighted by atomic mass is 16.6. The summed E-state index contributed by atoms with van der Waals surface area (Å²) in [5.41, 5.74) is -0.600. The minimum Gasteiger partial charge on any atom is -0.463 e. The van der Waals surface area contributed by atoms with Crippen LogP contribution in [0.25, 0.3) is 0 Å². The molecular weight excluding hydrogens is 1030 g/mol. The summed E-state index contributed by atoms with van der Waals surface area (Å²) in [4.78, 5) is 137. The maximum Gasteiger partial charge on any atom is 0.342 e. The third kappa shape index (κ3) is 24.9.